The first-order valence-electron chi connectivity index (χ1n) is 9.00. The maximum Gasteiger partial charge on any atom is 0.220 e. The first kappa shape index (κ1) is 17.5. The van der Waals surface area contributed by atoms with E-state index in [0.717, 1.165) is 42.1 Å². The molecule has 0 aromatic heterocycles. The maximum absolute atomic E-state index is 12.1. The Morgan fingerprint density at radius 3 is 2.84 bits per heavy atom. The predicted octanol–water partition coefficient (Wildman–Crippen LogP) is 3.79. The number of nitrogens with one attached hydrogen (secondary N) is 2. The molecule has 1 atom stereocenters. The van der Waals surface area contributed by atoms with Gasteiger partial charge in [-0.1, -0.05) is 30.3 Å². The van der Waals surface area contributed by atoms with Gasteiger partial charge in [0.15, 0.2) is 0 Å². The number of hydrogen-bond donors (Lipinski definition) is 2. The van der Waals surface area contributed by atoms with Gasteiger partial charge in [0.1, 0.15) is 11.5 Å². The van der Waals surface area contributed by atoms with Crippen molar-refractivity contribution in [3.05, 3.63) is 59.7 Å². The largest absolute Gasteiger partial charge is 0.457 e. The van der Waals surface area contributed by atoms with E-state index in [1.165, 1.54) is 6.42 Å². The van der Waals surface area contributed by atoms with Crippen LogP contribution in [0.1, 0.15) is 30.4 Å². The minimum absolute atomic E-state index is 0.109. The average molecular weight is 338 g/mol. The molecule has 0 spiro atoms. The summed E-state index contributed by atoms with van der Waals surface area (Å²) in [6, 6.07) is 15.8. The minimum Gasteiger partial charge on any atom is -0.457 e. The lowest BCUT2D eigenvalue weighted by Gasteiger charge is -2.13. The lowest BCUT2D eigenvalue weighted by Crippen LogP contribution is -2.23. The van der Waals surface area contributed by atoms with E-state index < -0.39 is 0 Å². The first-order chi connectivity index (χ1) is 12.2. The van der Waals surface area contributed by atoms with Gasteiger partial charge in [0.2, 0.25) is 5.91 Å². The number of amides is 1. The highest BCUT2D eigenvalue weighted by atomic mass is 16.5. The fourth-order valence-electron chi connectivity index (χ4n) is 3.10. The lowest BCUT2D eigenvalue weighted by atomic mass is 10.0. The van der Waals surface area contributed by atoms with Gasteiger partial charge < -0.3 is 15.4 Å². The van der Waals surface area contributed by atoms with Crippen LogP contribution in [0.3, 0.4) is 0 Å². The van der Waals surface area contributed by atoms with E-state index in [1.807, 2.05) is 55.5 Å². The van der Waals surface area contributed by atoms with Crippen LogP contribution in [-0.4, -0.2) is 19.0 Å². The van der Waals surface area contributed by atoms with Gasteiger partial charge in [-0.25, -0.2) is 0 Å². The standard InChI is InChI=1S/C21H26N2O2/c1-16-7-9-18(20(13-16)25-19-5-3-2-4-6-19)15-23-21(24)10-8-17-11-12-22-14-17/h2-7,9,13,17,22H,8,10-12,14-15H2,1H3,(H,23,24). The minimum atomic E-state index is 0.109. The summed E-state index contributed by atoms with van der Waals surface area (Å²) < 4.78 is 6.00. The Morgan fingerprint density at radius 2 is 2.08 bits per heavy atom. The molecule has 1 aliphatic heterocycles. The molecular formula is C21H26N2O2. The van der Waals surface area contributed by atoms with Crippen molar-refractivity contribution in [1.29, 1.82) is 0 Å². The third-order valence-corrected chi connectivity index (χ3v) is 4.61. The SMILES string of the molecule is Cc1ccc(CNC(=O)CCC2CCNC2)c(Oc2ccccc2)c1. The number of benzene rings is 2. The molecule has 4 nitrogen and oxygen atoms in total. The number of ether oxygens (including phenoxy) is 1. The lowest BCUT2D eigenvalue weighted by molar-refractivity contribution is -0.121. The Hall–Kier alpha value is -2.33. The second-order valence-corrected chi connectivity index (χ2v) is 6.70. The highest BCUT2D eigenvalue weighted by Crippen LogP contribution is 2.26. The van der Waals surface area contributed by atoms with Crippen LogP contribution in [0.4, 0.5) is 0 Å². The molecule has 4 heteroatoms. The Labute approximate surface area is 149 Å². The van der Waals surface area contributed by atoms with E-state index in [0.29, 0.717) is 18.9 Å². The molecule has 1 aliphatic rings. The molecule has 1 saturated heterocycles. The maximum atomic E-state index is 12.1. The number of rotatable bonds is 7. The molecule has 2 aromatic rings. The van der Waals surface area contributed by atoms with Gasteiger partial charge in [0.05, 0.1) is 0 Å². The number of aryl methyl sites for hydroxylation is 1. The van der Waals surface area contributed by atoms with E-state index in [1.54, 1.807) is 0 Å². The molecule has 1 heterocycles. The second-order valence-electron chi connectivity index (χ2n) is 6.70. The first-order valence-corrected chi connectivity index (χ1v) is 9.00. The summed E-state index contributed by atoms with van der Waals surface area (Å²) in [5.41, 5.74) is 2.13. The Morgan fingerprint density at radius 1 is 1.24 bits per heavy atom. The summed E-state index contributed by atoms with van der Waals surface area (Å²) in [6.45, 7) is 4.65. The molecule has 0 radical (unpaired) electrons. The molecule has 0 saturated carbocycles. The van der Waals surface area contributed by atoms with E-state index in [2.05, 4.69) is 10.6 Å². The number of para-hydroxylation sites is 1. The molecule has 25 heavy (non-hydrogen) atoms. The van der Waals surface area contributed by atoms with E-state index in [-0.39, 0.29) is 5.91 Å². The van der Waals surface area contributed by atoms with E-state index >= 15 is 0 Å². The van der Waals surface area contributed by atoms with Crippen molar-refractivity contribution in [2.24, 2.45) is 5.92 Å². The molecular weight excluding hydrogens is 312 g/mol. The second kappa shape index (κ2) is 8.67. The van der Waals surface area contributed by atoms with Crippen molar-refractivity contribution >= 4 is 5.91 Å². The van der Waals surface area contributed by atoms with Crippen molar-refractivity contribution in [2.45, 2.75) is 32.7 Å². The Kier molecular flexibility index (Phi) is 6.07. The quantitative estimate of drug-likeness (QED) is 0.807. The van der Waals surface area contributed by atoms with Crippen molar-refractivity contribution < 1.29 is 9.53 Å². The topological polar surface area (TPSA) is 50.4 Å². The average Bonchev–Trinajstić information content (AvgIpc) is 3.14. The molecule has 1 fully saturated rings. The number of carbonyl (C=O) groups is 1. The Balaban J connectivity index is 1.56. The van der Waals surface area contributed by atoms with Crippen LogP contribution in [0.2, 0.25) is 0 Å². The van der Waals surface area contributed by atoms with E-state index in [9.17, 15) is 4.79 Å². The van der Waals surface area contributed by atoms with Gasteiger partial charge in [-0.15, -0.1) is 0 Å². The molecule has 0 bridgehead atoms. The smallest absolute Gasteiger partial charge is 0.220 e. The molecule has 1 amide bonds. The van der Waals surface area contributed by atoms with Crippen LogP contribution in [0.25, 0.3) is 0 Å². The summed E-state index contributed by atoms with van der Waals surface area (Å²) in [5, 5.41) is 6.37. The third-order valence-electron chi connectivity index (χ3n) is 4.61. The van der Waals surface area contributed by atoms with Crippen molar-refractivity contribution in [2.75, 3.05) is 13.1 Å². The fourth-order valence-corrected chi connectivity index (χ4v) is 3.10. The fraction of sp³-hybridized carbons (Fsp3) is 0.381. The number of hydrogen-bond acceptors (Lipinski definition) is 3. The van der Waals surface area contributed by atoms with Gasteiger partial charge in [-0.2, -0.15) is 0 Å². The van der Waals surface area contributed by atoms with Gasteiger partial charge in [0.25, 0.3) is 0 Å². The van der Waals surface area contributed by atoms with Crippen molar-refractivity contribution in [3.63, 3.8) is 0 Å². The van der Waals surface area contributed by atoms with Crippen LogP contribution in [0.5, 0.6) is 11.5 Å². The predicted molar refractivity (Wildman–Crippen MR) is 99.8 cm³/mol. The van der Waals surface area contributed by atoms with Crippen LogP contribution in [0.15, 0.2) is 48.5 Å². The summed E-state index contributed by atoms with van der Waals surface area (Å²) in [6.07, 6.45) is 2.73. The molecule has 132 valence electrons. The normalized spacial score (nSPS) is 16.6. The molecule has 2 N–H and O–H groups in total. The highest BCUT2D eigenvalue weighted by molar-refractivity contribution is 5.75. The summed E-state index contributed by atoms with van der Waals surface area (Å²) >= 11 is 0. The van der Waals surface area contributed by atoms with Crippen LogP contribution < -0.4 is 15.4 Å². The van der Waals surface area contributed by atoms with Crippen LogP contribution in [0, 0.1) is 12.8 Å². The molecule has 1 unspecified atom stereocenters. The van der Waals surface area contributed by atoms with Crippen LogP contribution >= 0.6 is 0 Å². The molecule has 2 aromatic carbocycles. The summed E-state index contributed by atoms with van der Waals surface area (Å²) in [7, 11) is 0. The monoisotopic (exact) mass is 338 g/mol. The zero-order valence-corrected chi connectivity index (χ0v) is 14.8. The Bertz CT molecular complexity index is 694. The van der Waals surface area contributed by atoms with Crippen molar-refractivity contribution in [3.8, 4) is 11.5 Å². The molecule has 0 aliphatic carbocycles. The van der Waals surface area contributed by atoms with Crippen LogP contribution in [-0.2, 0) is 11.3 Å². The van der Waals surface area contributed by atoms with Gasteiger partial charge >= 0.3 is 0 Å². The number of carbonyl (C=O) groups excluding carboxylic acids is 1. The summed E-state index contributed by atoms with van der Waals surface area (Å²) in [4.78, 5) is 12.1. The zero-order valence-electron chi connectivity index (χ0n) is 14.8. The molecule has 3 rings (SSSR count). The van der Waals surface area contributed by atoms with Gasteiger partial charge in [0, 0.05) is 18.5 Å². The third kappa shape index (κ3) is 5.33. The van der Waals surface area contributed by atoms with E-state index in [4.69, 9.17) is 4.74 Å². The zero-order chi connectivity index (χ0) is 17.5. The van der Waals surface area contributed by atoms with Gasteiger partial charge in [-0.3, -0.25) is 4.79 Å². The summed E-state index contributed by atoms with van der Waals surface area (Å²) in [5.74, 6) is 2.35. The van der Waals surface area contributed by atoms with Crippen molar-refractivity contribution in [1.82, 2.24) is 10.6 Å². The van der Waals surface area contributed by atoms with Gasteiger partial charge in [-0.05, 0) is 62.5 Å². The highest BCUT2D eigenvalue weighted by Gasteiger charge is 2.16.